The molecule has 0 bridgehead atoms. The number of hydrogen-bond acceptors (Lipinski definition) is 4. The molecule has 1 unspecified atom stereocenters. The van der Waals surface area contributed by atoms with E-state index in [1.165, 1.54) is 7.11 Å². The minimum absolute atomic E-state index is 0.0485. The van der Waals surface area contributed by atoms with E-state index in [-0.39, 0.29) is 16.8 Å². The summed E-state index contributed by atoms with van der Waals surface area (Å²) in [5, 5.41) is 0. The molecule has 2 N–H and O–H groups in total. The van der Waals surface area contributed by atoms with E-state index in [0.717, 1.165) is 32.5 Å². The van der Waals surface area contributed by atoms with Gasteiger partial charge < -0.3 is 15.2 Å². The summed E-state index contributed by atoms with van der Waals surface area (Å²) in [6, 6.07) is -0.480. The van der Waals surface area contributed by atoms with Gasteiger partial charge in [0.2, 0.25) is 0 Å². The normalized spacial score (nSPS) is 27.7. The Balaban J connectivity index is 2.16. The van der Waals surface area contributed by atoms with Gasteiger partial charge in [-0.15, -0.1) is 0 Å². The summed E-state index contributed by atoms with van der Waals surface area (Å²) in [4.78, 5) is 11.5. The Morgan fingerprint density at radius 3 is 2.40 bits per heavy atom. The molecule has 1 atom stereocenters. The van der Waals surface area contributed by atoms with E-state index in [4.69, 9.17) is 15.2 Å². The molecule has 15 heavy (non-hydrogen) atoms. The Morgan fingerprint density at radius 1 is 1.53 bits per heavy atom. The molecule has 0 aromatic rings. The maximum Gasteiger partial charge on any atom is 0.323 e. The van der Waals surface area contributed by atoms with Gasteiger partial charge in [-0.1, -0.05) is 6.92 Å². The van der Waals surface area contributed by atoms with Crippen LogP contribution >= 0.6 is 0 Å². The number of rotatable bonds is 4. The van der Waals surface area contributed by atoms with E-state index in [2.05, 4.69) is 6.92 Å². The first-order valence-corrected chi connectivity index (χ1v) is 5.53. The number of hydrogen-bond donors (Lipinski definition) is 1. The molecule has 86 valence electrons. The van der Waals surface area contributed by atoms with Crippen LogP contribution in [-0.4, -0.2) is 32.3 Å². The Labute approximate surface area is 90.1 Å². The van der Waals surface area contributed by atoms with Crippen LogP contribution in [0.4, 0.5) is 0 Å². The molecule has 0 amide bonds. The van der Waals surface area contributed by atoms with E-state index in [1.807, 2.05) is 0 Å². The summed E-state index contributed by atoms with van der Waals surface area (Å²) in [6.07, 6.45) is 3.08. The van der Waals surface area contributed by atoms with Crippen LogP contribution in [0.3, 0.4) is 0 Å². The zero-order valence-corrected chi connectivity index (χ0v) is 9.41. The van der Waals surface area contributed by atoms with Crippen molar-refractivity contribution in [1.29, 1.82) is 0 Å². The largest absolute Gasteiger partial charge is 0.468 e. The van der Waals surface area contributed by atoms with E-state index in [1.54, 1.807) is 0 Å². The smallest absolute Gasteiger partial charge is 0.323 e. The van der Waals surface area contributed by atoms with E-state index in [9.17, 15) is 4.79 Å². The highest BCUT2D eigenvalue weighted by Crippen LogP contribution is 2.64. The standard InChI is InChI=1S/C11H19NO3/c1-3-10(6-15-7-10)11(4-5-11)8(12)9(13)14-2/h8H,3-7,12H2,1-2H3. The summed E-state index contributed by atoms with van der Waals surface area (Å²) in [6.45, 7) is 3.63. The molecule has 0 spiro atoms. The van der Waals surface area contributed by atoms with Crippen molar-refractivity contribution in [2.45, 2.75) is 32.2 Å². The molecular weight excluding hydrogens is 194 g/mol. The second kappa shape index (κ2) is 3.46. The van der Waals surface area contributed by atoms with Crippen LogP contribution in [0, 0.1) is 10.8 Å². The van der Waals surface area contributed by atoms with E-state index >= 15 is 0 Å². The Bertz CT molecular complexity index is 263. The highest BCUT2D eigenvalue weighted by molar-refractivity contribution is 5.77. The molecule has 0 aromatic carbocycles. The van der Waals surface area contributed by atoms with Crippen LogP contribution in [0.1, 0.15) is 26.2 Å². The Hall–Kier alpha value is -0.610. The number of carbonyl (C=O) groups excluding carboxylic acids is 1. The Kier molecular flexibility index (Phi) is 2.51. The van der Waals surface area contributed by atoms with Crippen LogP contribution in [0.25, 0.3) is 0 Å². The average Bonchev–Trinajstić information content (AvgIpc) is 2.96. The summed E-state index contributed by atoms with van der Waals surface area (Å²) >= 11 is 0. The molecule has 2 rings (SSSR count). The maximum atomic E-state index is 11.5. The first-order valence-electron chi connectivity index (χ1n) is 5.53. The van der Waals surface area contributed by atoms with Crippen molar-refractivity contribution in [1.82, 2.24) is 0 Å². The third kappa shape index (κ3) is 1.31. The SMILES string of the molecule is CCC1(C2(C(N)C(=O)OC)CC2)COC1. The van der Waals surface area contributed by atoms with Crippen LogP contribution in [0.2, 0.25) is 0 Å². The highest BCUT2D eigenvalue weighted by atomic mass is 16.5. The summed E-state index contributed by atoms with van der Waals surface area (Å²) in [5.74, 6) is -0.285. The molecule has 0 aromatic heterocycles. The molecule has 2 fully saturated rings. The molecular formula is C11H19NO3. The van der Waals surface area contributed by atoms with Crippen molar-refractivity contribution in [3.63, 3.8) is 0 Å². The lowest BCUT2D eigenvalue weighted by Crippen LogP contribution is -2.57. The number of ether oxygens (including phenoxy) is 2. The zero-order valence-electron chi connectivity index (χ0n) is 9.41. The fourth-order valence-corrected chi connectivity index (χ4v) is 2.85. The predicted octanol–water partition coefficient (Wildman–Crippen LogP) is 0.693. The first kappa shape index (κ1) is 10.9. The van der Waals surface area contributed by atoms with Crippen LogP contribution in [0.15, 0.2) is 0 Å². The molecule has 4 nitrogen and oxygen atoms in total. The van der Waals surface area contributed by atoms with Crippen LogP contribution in [-0.2, 0) is 14.3 Å². The van der Waals surface area contributed by atoms with Gasteiger partial charge in [0, 0.05) is 10.8 Å². The van der Waals surface area contributed by atoms with Gasteiger partial charge in [0.15, 0.2) is 0 Å². The van der Waals surface area contributed by atoms with Crippen molar-refractivity contribution >= 4 is 5.97 Å². The number of methoxy groups -OCH3 is 1. The van der Waals surface area contributed by atoms with Gasteiger partial charge in [-0.3, -0.25) is 4.79 Å². The quantitative estimate of drug-likeness (QED) is 0.698. The van der Waals surface area contributed by atoms with Gasteiger partial charge in [0.25, 0.3) is 0 Å². The van der Waals surface area contributed by atoms with Gasteiger partial charge in [0.1, 0.15) is 6.04 Å². The number of carbonyl (C=O) groups is 1. The summed E-state index contributed by atoms with van der Waals surface area (Å²) in [5.41, 5.74) is 6.09. The van der Waals surface area contributed by atoms with Crippen molar-refractivity contribution in [3.05, 3.63) is 0 Å². The topological polar surface area (TPSA) is 61.6 Å². The van der Waals surface area contributed by atoms with Crippen LogP contribution in [0.5, 0.6) is 0 Å². The molecule has 1 saturated heterocycles. The molecule has 0 radical (unpaired) electrons. The fourth-order valence-electron chi connectivity index (χ4n) is 2.85. The molecule has 1 aliphatic heterocycles. The van der Waals surface area contributed by atoms with Crippen molar-refractivity contribution in [3.8, 4) is 0 Å². The van der Waals surface area contributed by atoms with Gasteiger partial charge >= 0.3 is 5.97 Å². The lowest BCUT2D eigenvalue weighted by Gasteiger charge is -2.49. The lowest BCUT2D eigenvalue weighted by atomic mass is 9.65. The minimum Gasteiger partial charge on any atom is -0.468 e. The minimum atomic E-state index is -0.480. The molecule has 4 heteroatoms. The second-order valence-electron chi connectivity index (χ2n) is 4.78. The third-order valence-electron chi connectivity index (χ3n) is 4.33. The third-order valence-corrected chi connectivity index (χ3v) is 4.33. The molecule has 1 aliphatic carbocycles. The summed E-state index contributed by atoms with van der Waals surface area (Å²) < 4.78 is 10.1. The van der Waals surface area contributed by atoms with Gasteiger partial charge in [-0.25, -0.2) is 0 Å². The van der Waals surface area contributed by atoms with Gasteiger partial charge in [-0.05, 0) is 19.3 Å². The highest BCUT2D eigenvalue weighted by Gasteiger charge is 2.66. The van der Waals surface area contributed by atoms with Crippen molar-refractivity contribution in [2.24, 2.45) is 16.6 Å². The second-order valence-corrected chi connectivity index (χ2v) is 4.78. The number of nitrogens with two attached hydrogens (primary N) is 1. The van der Waals surface area contributed by atoms with Gasteiger partial charge in [0.05, 0.1) is 20.3 Å². The lowest BCUT2D eigenvalue weighted by molar-refractivity contribution is -0.173. The van der Waals surface area contributed by atoms with Gasteiger partial charge in [-0.2, -0.15) is 0 Å². The van der Waals surface area contributed by atoms with Crippen molar-refractivity contribution < 1.29 is 14.3 Å². The fraction of sp³-hybridized carbons (Fsp3) is 0.909. The van der Waals surface area contributed by atoms with Crippen LogP contribution < -0.4 is 5.73 Å². The Morgan fingerprint density at radius 2 is 2.13 bits per heavy atom. The van der Waals surface area contributed by atoms with E-state index < -0.39 is 6.04 Å². The monoisotopic (exact) mass is 213 g/mol. The predicted molar refractivity (Wildman–Crippen MR) is 55.2 cm³/mol. The maximum absolute atomic E-state index is 11.5. The average molecular weight is 213 g/mol. The zero-order chi connectivity index (χ0) is 11.1. The first-order chi connectivity index (χ1) is 7.12. The summed E-state index contributed by atoms with van der Waals surface area (Å²) in [7, 11) is 1.40. The molecule has 2 aliphatic rings. The van der Waals surface area contributed by atoms with E-state index in [0.29, 0.717) is 0 Å². The van der Waals surface area contributed by atoms with Crippen molar-refractivity contribution in [2.75, 3.05) is 20.3 Å². The molecule has 1 saturated carbocycles. The number of esters is 1. The molecule has 1 heterocycles.